The van der Waals surface area contributed by atoms with Gasteiger partial charge in [-0.1, -0.05) is 35.9 Å². The van der Waals surface area contributed by atoms with Crippen LogP contribution < -0.4 is 20.9 Å². The Balaban J connectivity index is 1.53. The summed E-state index contributed by atoms with van der Waals surface area (Å²) >= 11 is 6.19. The van der Waals surface area contributed by atoms with E-state index in [-0.39, 0.29) is 5.69 Å². The largest absolute Gasteiger partial charge is 0.383 e. The van der Waals surface area contributed by atoms with Gasteiger partial charge in [0.15, 0.2) is 11.0 Å². The Morgan fingerprint density at radius 1 is 1.10 bits per heavy atom. The van der Waals surface area contributed by atoms with Gasteiger partial charge in [0.2, 0.25) is 0 Å². The number of anilines is 4. The average molecular weight is 427 g/mol. The third kappa shape index (κ3) is 3.99. The molecule has 3 aromatic rings. The number of halogens is 2. The number of aromatic nitrogens is 2. The highest BCUT2D eigenvalue weighted by atomic mass is 35.5. The molecule has 2 heterocycles. The average Bonchev–Trinajstić information content (AvgIpc) is 2.75. The van der Waals surface area contributed by atoms with Crippen molar-refractivity contribution in [2.24, 2.45) is 0 Å². The summed E-state index contributed by atoms with van der Waals surface area (Å²) in [6.07, 6.45) is 2.15. The van der Waals surface area contributed by atoms with Gasteiger partial charge in [0.05, 0.1) is 5.69 Å². The summed E-state index contributed by atoms with van der Waals surface area (Å²) in [4.78, 5) is 22.9. The van der Waals surface area contributed by atoms with Crippen molar-refractivity contribution in [3.63, 3.8) is 0 Å². The number of para-hydroxylation sites is 1. The maximum Gasteiger partial charge on any atom is 0.323 e. The molecule has 0 saturated carbocycles. The van der Waals surface area contributed by atoms with Crippen LogP contribution in [0, 0.1) is 5.82 Å². The first-order chi connectivity index (χ1) is 14.6. The predicted molar refractivity (Wildman–Crippen MR) is 117 cm³/mol. The second kappa shape index (κ2) is 8.54. The van der Waals surface area contributed by atoms with Crippen molar-refractivity contribution in [1.29, 1.82) is 0 Å². The second-order valence-electron chi connectivity index (χ2n) is 6.79. The molecule has 0 radical (unpaired) electrons. The second-order valence-corrected chi connectivity index (χ2v) is 7.14. The number of hydrogen-bond donors (Lipinski definition) is 3. The SMILES string of the molecule is CNc1c(Cl)ncnc1N1CCc2c(cccc2NC(=O)Nc2ccccc2F)C1. The first-order valence-electron chi connectivity index (χ1n) is 9.43. The molecule has 3 N–H and O–H groups in total. The van der Waals surface area contributed by atoms with E-state index in [4.69, 9.17) is 11.6 Å². The quantitative estimate of drug-likeness (QED) is 0.534. The molecule has 0 bridgehead atoms. The molecule has 7 nitrogen and oxygen atoms in total. The molecule has 154 valence electrons. The summed E-state index contributed by atoms with van der Waals surface area (Å²) < 4.78 is 13.8. The number of amides is 2. The van der Waals surface area contributed by atoms with E-state index >= 15 is 0 Å². The lowest BCUT2D eigenvalue weighted by molar-refractivity contribution is 0.262. The number of hydrogen-bond acceptors (Lipinski definition) is 5. The summed E-state index contributed by atoms with van der Waals surface area (Å²) in [7, 11) is 1.78. The summed E-state index contributed by atoms with van der Waals surface area (Å²) in [5, 5.41) is 8.81. The Morgan fingerprint density at radius 2 is 1.87 bits per heavy atom. The van der Waals surface area contributed by atoms with E-state index in [2.05, 4.69) is 30.8 Å². The fourth-order valence-corrected chi connectivity index (χ4v) is 3.78. The van der Waals surface area contributed by atoms with Gasteiger partial charge >= 0.3 is 6.03 Å². The smallest absolute Gasteiger partial charge is 0.323 e. The first-order valence-corrected chi connectivity index (χ1v) is 9.81. The highest BCUT2D eigenvalue weighted by Crippen LogP contribution is 2.34. The summed E-state index contributed by atoms with van der Waals surface area (Å²) in [6.45, 7) is 1.31. The summed E-state index contributed by atoms with van der Waals surface area (Å²) in [6, 6.07) is 11.3. The first kappa shape index (κ1) is 19.9. The van der Waals surface area contributed by atoms with Crippen molar-refractivity contribution >= 4 is 40.5 Å². The van der Waals surface area contributed by atoms with Gasteiger partial charge < -0.3 is 20.9 Å². The third-order valence-corrected chi connectivity index (χ3v) is 5.25. The maximum absolute atomic E-state index is 13.8. The van der Waals surface area contributed by atoms with Gasteiger partial charge in [-0.05, 0) is 35.7 Å². The van der Waals surface area contributed by atoms with Crippen molar-refractivity contribution in [2.75, 3.05) is 34.4 Å². The van der Waals surface area contributed by atoms with Crippen LogP contribution in [0.2, 0.25) is 5.15 Å². The van der Waals surface area contributed by atoms with Crippen LogP contribution in [0.4, 0.5) is 32.1 Å². The Labute approximate surface area is 178 Å². The Hall–Kier alpha value is -3.39. The molecule has 9 heteroatoms. The monoisotopic (exact) mass is 426 g/mol. The van der Waals surface area contributed by atoms with Crippen LogP contribution in [-0.2, 0) is 13.0 Å². The minimum atomic E-state index is -0.490. The van der Waals surface area contributed by atoms with Crippen molar-refractivity contribution in [2.45, 2.75) is 13.0 Å². The lowest BCUT2D eigenvalue weighted by atomic mass is 9.97. The number of carbonyl (C=O) groups excluding carboxylic acids is 1. The minimum absolute atomic E-state index is 0.131. The molecule has 0 saturated heterocycles. The number of nitrogens with one attached hydrogen (secondary N) is 3. The highest BCUT2D eigenvalue weighted by molar-refractivity contribution is 6.32. The van der Waals surface area contributed by atoms with Gasteiger partial charge in [-0.3, -0.25) is 0 Å². The van der Waals surface area contributed by atoms with Crippen LogP contribution in [0.5, 0.6) is 0 Å². The number of urea groups is 1. The van der Waals surface area contributed by atoms with Gasteiger partial charge in [-0.25, -0.2) is 19.2 Å². The van der Waals surface area contributed by atoms with E-state index in [0.717, 1.165) is 16.9 Å². The van der Waals surface area contributed by atoms with Gasteiger partial charge in [0.25, 0.3) is 0 Å². The van der Waals surface area contributed by atoms with Crippen LogP contribution >= 0.6 is 11.6 Å². The molecule has 30 heavy (non-hydrogen) atoms. The van der Waals surface area contributed by atoms with E-state index in [1.54, 1.807) is 19.2 Å². The molecule has 0 aliphatic carbocycles. The fraction of sp³-hybridized carbons (Fsp3) is 0.190. The van der Waals surface area contributed by atoms with E-state index < -0.39 is 11.8 Å². The summed E-state index contributed by atoms with van der Waals surface area (Å²) in [5.74, 6) is 0.251. The molecule has 1 aliphatic heterocycles. The summed E-state index contributed by atoms with van der Waals surface area (Å²) in [5.41, 5.74) is 3.63. The highest BCUT2D eigenvalue weighted by Gasteiger charge is 2.23. The molecular weight excluding hydrogens is 407 g/mol. The van der Waals surface area contributed by atoms with E-state index in [9.17, 15) is 9.18 Å². The van der Waals surface area contributed by atoms with Crippen molar-refractivity contribution in [1.82, 2.24) is 9.97 Å². The Kier molecular flexibility index (Phi) is 5.67. The third-order valence-electron chi connectivity index (χ3n) is 4.97. The van der Waals surface area contributed by atoms with Crippen molar-refractivity contribution in [3.8, 4) is 0 Å². The lowest BCUT2D eigenvalue weighted by Crippen LogP contribution is -2.32. The zero-order valence-electron chi connectivity index (χ0n) is 16.2. The fourth-order valence-electron chi connectivity index (χ4n) is 3.56. The predicted octanol–water partition coefficient (Wildman–Crippen LogP) is 4.52. The normalized spacial score (nSPS) is 12.8. The molecule has 4 rings (SSSR count). The molecule has 0 atom stereocenters. The van der Waals surface area contributed by atoms with Gasteiger partial charge in [-0.15, -0.1) is 0 Å². The van der Waals surface area contributed by atoms with E-state index in [1.807, 2.05) is 18.2 Å². The molecule has 1 aromatic heterocycles. The molecular formula is C21H20ClFN6O. The zero-order valence-corrected chi connectivity index (χ0v) is 17.0. The lowest BCUT2D eigenvalue weighted by Gasteiger charge is -2.32. The standard InChI is InChI=1S/C21H20ClFN6O/c1-24-18-19(22)25-12-26-20(18)29-10-9-14-13(11-29)5-4-8-16(14)27-21(30)28-17-7-3-2-6-15(17)23/h2-8,12,24H,9-11H2,1H3,(H2,27,28,30). The van der Waals surface area contributed by atoms with Crippen LogP contribution in [0.25, 0.3) is 0 Å². The molecule has 2 aromatic carbocycles. The molecule has 0 fully saturated rings. The van der Waals surface area contributed by atoms with E-state index in [1.165, 1.54) is 18.5 Å². The zero-order chi connectivity index (χ0) is 21.1. The number of benzene rings is 2. The van der Waals surface area contributed by atoms with Crippen LogP contribution in [-0.4, -0.2) is 29.6 Å². The Morgan fingerprint density at radius 3 is 2.67 bits per heavy atom. The number of nitrogens with zero attached hydrogens (tertiary/aromatic N) is 3. The molecule has 1 aliphatic rings. The van der Waals surface area contributed by atoms with Crippen LogP contribution in [0.3, 0.4) is 0 Å². The topological polar surface area (TPSA) is 82.2 Å². The molecule has 0 unspecified atom stereocenters. The van der Waals surface area contributed by atoms with Gasteiger partial charge in [0.1, 0.15) is 17.8 Å². The van der Waals surface area contributed by atoms with Gasteiger partial charge in [-0.2, -0.15) is 0 Å². The van der Waals surface area contributed by atoms with Crippen LogP contribution in [0.1, 0.15) is 11.1 Å². The number of carbonyl (C=O) groups is 1. The molecule has 0 spiro atoms. The maximum atomic E-state index is 13.8. The molecule has 2 amide bonds. The number of fused-ring (bicyclic) bond motifs is 1. The van der Waals surface area contributed by atoms with Gasteiger partial charge in [0, 0.05) is 25.8 Å². The van der Waals surface area contributed by atoms with Crippen molar-refractivity contribution in [3.05, 3.63) is 70.9 Å². The number of rotatable bonds is 4. The van der Waals surface area contributed by atoms with Crippen molar-refractivity contribution < 1.29 is 9.18 Å². The minimum Gasteiger partial charge on any atom is -0.383 e. The Bertz CT molecular complexity index is 1090. The van der Waals surface area contributed by atoms with E-state index in [0.29, 0.717) is 36.0 Å². The van der Waals surface area contributed by atoms with Crippen LogP contribution in [0.15, 0.2) is 48.8 Å².